The normalized spacial score (nSPS) is 12.4. The van der Waals surface area contributed by atoms with Gasteiger partial charge in [-0.15, -0.1) is 0 Å². The second kappa shape index (κ2) is 5.40. The average molecular weight is 268 g/mol. The number of aromatic nitrogens is 2. The summed E-state index contributed by atoms with van der Waals surface area (Å²) in [6.07, 6.45) is 3.74. The quantitative estimate of drug-likeness (QED) is 0.911. The molecule has 0 fully saturated rings. The van der Waals surface area contributed by atoms with Crippen molar-refractivity contribution in [3.8, 4) is 0 Å². The van der Waals surface area contributed by atoms with Crippen LogP contribution in [-0.4, -0.2) is 9.78 Å². The molecule has 0 aliphatic heterocycles. The Balaban J connectivity index is 2.13. The molecule has 0 amide bonds. The lowest BCUT2D eigenvalue weighted by Gasteiger charge is -2.14. The van der Waals surface area contributed by atoms with E-state index in [0.717, 1.165) is 12.1 Å². The van der Waals surface area contributed by atoms with E-state index in [2.05, 4.69) is 10.4 Å². The number of rotatable bonds is 4. The number of nitrogens with zero attached hydrogens (tertiary/aromatic N) is 2. The van der Waals surface area contributed by atoms with Crippen molar-refractivity contribution < 1.29 is 4.39 Å². The van der Waals surface area contributed by atoms with Crippen LogP contribution in [0.25, 0.3) is 0 Å². The Hall–Kier alpha value is -1.55. The number of nitrogens with one attached hydrogen (secondary N) is 1. The van der Waals surface area contributed by atoms with Gasteiger partial charge in [-0.05, 0) is 32.0 Å². The second-order valence-corrected chi connectivity index (χ2v) is 4.56. The van der Waals surface area contributed by atoms with E-state index >= 15 is 0 Å². The lowest BCUT2D eigenvalue weighted by atomic mass is 10.2. The molecule has 0 saturated heterocycles. The summed E-state index contributed by atoms with van der Waals surface area (Å²) < 4.78 is 15.5. The smallest absolute Gasteiger partial charge is 0.147 e. The van der Waals surface area contributed by atoms with Gasteiger partial charge in [0.25, 0.3) is 0 Å². The van der Waals surface area contributed by atoms with Crippen molar-refractivity contribution in [2.45, 2.75) is 26.4 Å². The van der Waals surface area contributed by atoms with Gasteiger partial charge in [-0.1, -0.05) is 11.6 Å². The monoisotopic (exact) mass is 267 g/mol. The van der Waals surface area contributed by atoms with E-state index in [1.54, 1.807) is 18.3 Å². The van der Waals surface area contributed by atoms with Gasteiger partial charge in [0.15, 0.2) is 0 Å². The molecule has 0 bridgehead atoms. The summed E-state index contributed by atoms with van der Waals surface area (Å²) in [4.78, 5) is 0. The molecule has 1 aromatic carbocycles. The van der Waals surface area contributed by atoms with Gasteiger partial charge in [0.1, 0.15) is 5.82 Å². The van der Waals surface area contributed by atoms with Crippen LogP contribution in [0, 0.1) is 5.82 Å². The van der Waals surface area contributed by atoms with E-state index in [9.17, 15) is 4.39 Å². The maximum absolute atomic E-state index is 13.6. The van der Waals surface area contributed by atoms with Crippen LogP contribution in [0.2, 0.25) is 5.02 Å². The first-order valence-corrected chi connectivity index (χ1v) is 6.22. The van der Waals surface area contributed by atoms with Crippen molar-refractivity contribution in [3.05, 3.63) is 47.0 Å². The largest absolute Gasteiger partial charge is 0.376 e. The van der Waals surface area contributed by atoms with E-state index in [4.69, 9.17) is 11.6 Å². The van der Waals surface area contributed by atoms with Crippen molar-refractivity contribution >= 4 is 17.3 Å². The predicted octanol–water partition coefficient (Wildman–Crippen LogP) is 3.87. The third-order valence-electron chi connectivity index (χ3n) is 2.78. The number of anilines is 1. The zero-order valence-corrected chi connectivity index (χ0v) is 11.1. The topological polar surface area (TPSA) is 29.9 Å². The van der Waals surface area contributed by atoms with Gasteiger partial charge < -0.3 is 5.32 Å². The number of aryl methyl sites for hydroxylation is 1. The molecule has 5 heteroatoms. The molecule has 0 aliphatic carbocycles. The molecular formula is C13H15ClFN3. The van der Waals surface area contributed by atoms with Crippen molar-refractivity contribution in [1.29, 1.82) is 0 Å². The highest BCUT2D eigenvalue weighted by Crippen LogP contribution is 2.23. The number of hydrogen-bond acceptors (Lipinski definition) is 2. The Kier molecular flexibility index (Phi) is 3.87. The minimum atomic E-state index is -0.350. The van der Waals surface area contributed by atoms with Crippen LogP contribution in [0.3, 0.4) is 0 Å². The summed E-state index contributed by atoms with van der Waals surface area (Å²) in [6.45, 7) is 4.81. The van der Waals surface area contributed by atoms with Crippen LogP contribution in [-0.2, 0) is 6.54 Å². The van der Waals surface area contributed by atoms with Crippen molar-refractivity contribution in [2.24, 2.45) is 0 Å². The highest BCUT2D eigenvalue weighted by atomic mass is 35.5. The van der Waals surface area contributed by atoms with E-state index < -0.39 is 0 Å². The first kappa shape index (κ1) is 12.9. The summed E-state index contributed by atoms with van der Waals surface area (Å²) in [7, 11) is 0. The van der Waals surface area contributed by atoms with E-state index in [1.807, 2.05) is 24.7 Å². The van der Waals surface area contributed by atoms with Crippen LogP contribution in [0.4, 0.5) is 10.1 Å². The van der Waals surface area contributed by atoms with Gasteiger partial charge in [-0.3, -0.25) is 4.68 Å². The molecule has 0 spiro atoms. The van der Waals surface area contributed by atoms with Gasteiger partial charge in [-0.25, -0.2) is 4.39 Å². The first-order chi connectivity index (χ1) is 8.60. The Morgan fingerprint density at radius 1 is 1.50 bits per heavy atom. The van der Waals surface area contributed by atoms with E-state index in [0.29, 0.717) is 10.7 Å². The molecule has 3 nitrogen and oxygen atoms in total. The van der Waals surface area contributed by atoms with Gasteiger partial charge in [0.2, 0.25) is 0 Å². The molecule has 18 heavy (non-hydrogen) atoms. The molecule has 0 saturated carbocycles. The first-order valence-electron chi connectivity index (χ1n) is 5.84. The van der Waals surface area contributed by atoms with E-state index in [1.165, 1.54) is 6.07 Å². The van der Waals surface area contributed by atoms with Crippen molar-refractivity contribution in [1.82, 2.24) is 9.78 Å². The lowest BCUT2D eigenvalue weighted by molar-refractivity contribution is 0.627. The maximum atomic E-state index is 13.6. The lowest BCUT2D eigenvalue weighted by Crippen LogP contribution is -2.07. The van der Waals surface area contributed by atoms with Gasteiger partial charge in [-0.2, -0.15) is 5.10 Å². The molecule has 0 radical (unpaired) electrons. The minimum Gasteiger partial charge on any atom is -0.376 e. The predicted molar refractivity (Wildman–Crippen MR) is 71.3 cm³/mol. The second-order valence-electron chi connectivity index (χ2n) is 4.12. The van der Waals surface area contributed by atoms with Crippen LogP contribution in [0.15, 0.2) is 30.6 Å². The Morgan fingerprint density at radius 3 is 2.89 bits per heavy atom. The molecule has 2 aromatic rings. The van der Waals surface area contributed by atoms with Crippen molar-refractivity contribution in [3.63, 3.8) is 0 Å². The van der Waals surface area contributed by atoms with Crippen LogP contribution in [0.1, 0.15) is 25.5 Å². The zero-order valence-electron chi connectivity index (χ0n) is 10.3. The van der Waals surface area contributed by atoms with Crippen LogP contribution >= 0.6 is 11.6 Å². The van der Waals surface area contributed by atoms with Crippen LogP contribution in [0.5, 0.6) is 0 Å². The minimum absolute atomic E-state index is 0.0130. The molecule has 0 aliphatic rings. The average Bonchev–Trinajstić information content (AvgIpc) is 2.81. The molecule has 96 valence electrons. The molecule has 1 atom stereocenters. The molecule has 1 N–H and O–H groups in total. The number of benzene rings is 1. The zero-order chi connectivity index (χ0) is 13.1. The van der Waals surface area contributed by atoms with Gasteiger partial charge in [0.05, 0.1) is 17.9 Å². The highest BCUT2D eigenvalue weighted by molar-refractivity contribution is 6.30. The Morgan fingerprint density at radius 2 is 2.28 bits per heavy atom. The fourth-order valence-corrected chi connectivity index (χ4v) is 1.86. The fraction of sp³-hybridized carbons (Fsp3) is 0.308. The van der Waals surface area contributed by atoms with E-state index in [-0.39, 0.29) is 11.9 Å². The molecular weight excluding hydrogens is 253 g/mol. The molecule has 2 rings (SSSR count). The summed E-state index contributed by atoms with van der Waals surface area (Å²) in [6, 6.07) is 4.58. The maximum Gasteiger partial charge on any atom is 0.147 e. The highest BCUT2D eigenvalue weighted by Gasteiger charge is 2.10. The molecule has 1 unspecified atom stereocenters. The summed E-state index contributed by atoms with van der Waals surface area (Å²) in [5.74, 6) is -0.350. The van der Waals surface area contributed by atoms with Crippen LogP contribution < -0.4 is 5.32 Å². The number of halogens is 2. The Bertz CT molecular complexity index is 539. The number of hydrogen-bond donors (Lipinski definition) is 1. The SMILES string of the molecule is CCn1cc(C(C)Nc2ccc(Cl)cc2F)cn1. The fourth-order valence-electron chi connectivity index (χ4n) is 1.70. The van der Waals surface area contributed by atoms with Gasteiger partial charge in [0, 0.05) is 23.3 Å². The van der Waals surface area contributed by atoms with Crippen molar-refractivity contribution in [2.75, 3.05) is 5.32 Å². The summed E-state index contributed by atoms with van der Waals surface area (Å²) >= 11 is 5.71. The summed E-state index contributed by atoms with van der Waals surface area (Å²) in [5.41, 5.74) is 1.46. The third kappa shape index (κ3) is 2.82. The molecule has 1 aromatic heterocycles. The Labute approximate surface area is 111 Å². The standard InChI is InChI=1S/C13H15ClFN3/c1-3-18-8-10(7-16-18)9(2)17-13-5-4-11(14)6-12(13)15/h4-9,17H,3H2,1-2H3. The third-order valence-corrected chi connectivity index (χ3v) is 3.02. The summed E-state index contributed by atoms with van der Waals surface area (Å²) in [5, 5.41) is 7.69. The molecule has 1 heterocycles. The van der Waals surface area contributed by atoms with Gasteiger partial charge >= 0.3 is 0 Å².